The van der Waals surface area contributed by atoms with E-state index in [0.29, 0.717) is 41.8 Å². The highest BCUT2D eigenvalue weighted by atomic mass is 16.5. The Morgan fingerprint density at radius 3 is 2.35 bits per heavy atom. The number of para-hydroxylation sites is 2. The molecule has 0 N–H and O–H groups in total. The Morgan fingerprint density at radius 2 is 1.65 bits per heavy atom. The van der Waals surface area contributed by atoms with Gasteiger partial charge in [-0.15, -0.1) is 0 Å². The fraction of sp³-hybridized carbons (Fsp3) is 0.267. The molecule has 0 spiro atoms. The first-order valence-corrected chi connectivity index (χ1v) is 6.46. The molecule has 2 aromatic rings. The SMILES string of the molecule is CCOc1ccccc1OCCOc1ccc[n+]([O-])c1. The summed E-state index contributed by atoms with van der Waals surface area (Å²) in [6, 6.07) is 10.8. The van der Waals surface area contributed by atoms with Crippen LogP contribution in [0.4, 0.5) is 0 Å². The number of nitrogens with zero attached hydrogens (tertiary/aromatic N) is 1. The Bertz CT molecular complexity index is 545. The van der Waals surface area contributed by atoms with E-state index in [0.717, 1.165) is 0 Å². The second-order valence-electron chi connectivity index (χ2n) is 3.98. The van der Waals surface area contributed by atoms with Crippen LogP contribution >= 0.6 is 0 Å². The van der Waals surface area contributed by atoms with Gasteiger partial charge in [-0.25, -0.2) is 0 Å². The smallest absolute Gasteiger partial charge is 0.222 e. The van der Waals surface area contributed by atoms with Gasteiger partial charge in [0.25, 0.3) is 0 Å². The lowest BCUT2D eigenvalue weighted by Crippen LogP contribution is -2.24. The van der Waals surface area contributed by atoms with Crippen LogP contribution < -0.4 is 18.9 Å². The van der Waals surface area contributed by atoms with Gasteiger partial charge in [0.05, 0.1) is 6.61 Å². The van der Waals surface area contributed by atoms with Crippen LogP contribution in [0.25, 0.3) is 0 Å². The van der Waals surface area contributed by atoms with Gasteiger partial charge in [0, 0.05) is 6.07 Å². The van der Waals surface area contributed by atoms with Crippen LogP contribution in [0.5, 0.6) is 17.2 Å². The molecule has 20 heavy (non-hydrogen) atoms. The average molecular weight is 275 g/mol. The van der Waals surface area contributed by atoms with Crippen molar-refractivity contribution in [3.8, 4) is 17.2 Å². The van der Waals surface area contributed by atoms with Crippen molar-refractivity contribution in [3.63, 3.8) is 0 Å². The van der Waals surface area contributed by atoms with E-state index in [1.54, 1.807) is 12.1 Å². The van der Waals surface area contributed by atoms with Crippen molar-refractivity contribution in [1.29, 1.82) is 0 Å². The molecule has 0 unspecified atom stereocenters. The zero-order chi connectivity index (χ0) is 14.2. The summed E-state index contributed by atoms with van der Waals surface area (Å²) in [7, 11) is 0. The summed E-state index contributed by atoms with van der Waals surface area (Å²) in [5.74, 6) is 1.92. The minimum absolute atomic E-state index is 0.352. The highest BCUT2D eigenvalue weighted by Crippen LogP contribution is 2.26. The van der Waals surface area contributed by atoms with Gasteiger partial charge in [-0.1, -0.05) is 12.1 Å². The molecule has 0 aliphatic heterocycles. The van der Waals surface area contributed by atoms with Crippen LogP contribution in [0, 0.1) is 5.21 Å². The molecule has 1 aromatic heterocycles. The molecule has 0 atom stereocenters. The maximum atomic E-state index is 11.0. The third-order valence-electron chi connectivity index (χ3n) is 2.51. The zero-order valence-corrected chi connectivity index (χ0v) is 11.3. The van der Waals surface area contributed by atoms with Gasteiger partial charge in [0.15, 0.2) is 23.4 Å². The van der Waals surface area contributed by atoms with Crippen molar-refractivity contribution in [1.82, 2.24) is 0 Å². The lowest BCUT2D eigenvalue weighted by atomic mass is 10.3. The second-order valence-corrected chi connectivity index (χ2v) is 3.98. The van der Waals surface area contributed by atoms with Crippen LogP contribution in [0.3, 0.4) is 0 Å². The van der Waals surface area contributed by atoms with Crippen molar-refractivity contribution in [2.45, 2.75) is 6.92 Å². The van der Waals surface area contributed by atoms with Crippen molar-refractivity contribution < 1.29 is 18.9 Å². The van der Waals surface area contributed by atoms with E-state index in [1.807, 2.05) is 31.2 Å². The Hall–Kier alpha value is -2.43. The van der Waals surface area contributed by atoms with E-state index in [4.69, 9.17) is 14.2 Å². The number of benzene rings is 1. The highest BCUT2D eigenvalue weighted by Gasteiger charge is 2.03. The molecule has 0 fully saturated rings. The lowest BCUT2D eigenvalue weighted by Gasteiger charge is -2.11. The van der Waals surface area contributed by atoms with Gasteiger partial charge in [-0.2, -0.15) is 4.73 Å². The monoisotopic (exact) mass is 275 g/mol. The second kappa shape index (κ2) is 7.23. The Balaban J connectivity index is 1.81. The summed E-state index contributed by atoms with van der Waals surface area (Å²) < 4.78 is 17.2. The molecule has 0 saturated carbocycles. The van der Waals surface area contributed by atoms with E-state index in [1.165, 1.54) is 12.4 Å². The average Bonchev–Trinajstić information content (AvgIpc) is 2.46. The molecule has 0 amide bonds. The molecule has 5 heteroatoms. The van der Waals surface area contributed by atoms with E-state index >= 15 is 0 Å². The summed E-state index contributed by atoms with van der Waals surface area (Å²) in [4.78, 5) is 0. The van der Waals surface area contributed by atoms with Crippen LogP contribution in [0.1, 0.15) is 6.92 Å². The fourth-order valence-electron chi connectivity index (χ4n) is 1.67. The van der Waals surface area contributed by atoms with Gasteiger partial charge < -0.3 is 19.4 Å². The lowest BCUT2D eigenvalue weighted by molar-refractivity contribution is -0.605. The first-order chi connectivity index (χ1) is 9.79. The zero-order valence-electron chi connectivity index (χ0n) is 11.3. The maximum Gasteiger partial charge on any atom is 0.222 e. The number of rotatable bonds is 7. The molecule has 5 nitrogen and oxygen atoms in total. The molecular formula is C15H17NO4. The van der Waals surface area contributed by atoms with Crippen LogP contribution in [0.15, 0.2) is 48.8 Å². The third-order valence-corrected chi connectivity index (χ3v) is 2.51. The standard InChI is InChI=1S/C15H17NO4/c1-2-18-14-7-3-4-8-15(14)20-11-10-19-13-6-5-9-16(17)12-13/h3-9,12H,2,10-11H2,1H3. The van der Waals surface area contributed by atoms with Crippen molar-refractivity contribution >= 4 is 0 Å². The molecule has 0 saturated heterocycles. The Morgan fingerprint density at radius 1 is 0.950 bits per heavy atom. The first kappa shape index (κ1) is 14.0. The van der Waals surface area contributed by atoms with Gasteiger partial charge in [-0.05, 0) is 25.1 Å². The van der Waals surface area contributed by atoms with Crippen LogP contribution in [0.2, 0.25) is 0 Å². The molecule has 0 aliphatic carbocycles. The molecule has 106 valence electrons. The molecule has 1 aromatic carbocycles. The molecule has 0 radical (unpaired) electrons. The summed E-state index contributed by atoms with van der Waals surface area (Å²) in [5.41, 5.74) is 0. The third kappa shape index (κ3) is 4.05. The predicted molar refractivity (Wildman–Crippen MR) is 74.0 cm³/mol. The predicted octanol–water partition coefficient (Wildman–Crippen LogP) is 2.18. The molecule has 1 heterocycles. The Labute approximate surface area is 117 Å². The largest absolute Gasteiger partial charge is 0.619 e. The quantitative estimate of drug-likeness (QED) is 0.441. The van der Waals surface area contributed by atoms with Crippen molar-refractivity contribution in [2.24, 2.45) is 0 Å². The summed E-state index contributed by atoms with van der Waals surface area (Å²) >= 11 is 0. The summed E-state index contributed by atoms with van der Waals surface area (Å²) in [5, 5.41) is 11.0. The number of aromatic nitrogens is 1. The van der Waals surface area contributed by atoms with Gasteiger partial charge in [-0.3, -0.25) is 0 Å². The van der Waals surface area contributed by atoms with Crippen LogP contribution in [-0.2, 0) is 0 Å². The molecule has 0 bridgehead atoms. The van der Waals surface area contributed by atoms with Crippen molar-refractivity contribution in [3.05, 3.63) is 54.0 Å². The molecular weight excluding hydrogens is 258 g/mol. The minimum atomic E-state index is 0.352. The number of hydrogen-bond donors (Lipinski definition) is 0. The maximum absolute atomic E-state index is 11.0. The van der Waals surface area contributed by atoms with E-state index in [2.05, 4.69) is 0 Å². The first-order valence-electron chi connectivity index (χ1n) is 6.46. The molecule has 0 aliphatic rings. The Kier molecular flexibility index (Phi) is 5.06. The number of hydrogen-bond acceptors (Lipinski definition) is 4. The van der Waals surface area contributed by atoms with Crippen LogP contribution in [-0.4, -0.2) is 19.8 Å². The number of pyridine rings is 1. The van der Waals surface area contributed by atoms with Gasteiger partial charge >= 0.3 is 0 Å². The highest BCUT2D eigenvalue weighted by molar-refractivity contribution is 5.39. The van der Waals surface area contributed by atoms with Crippen molar-refractivity contribution in [2.75, 3.05) is 19.8 Å². The summed E-state index contributed by atoms with van der Waals surface area (Å²) in [6.45, 7) is 3.24. The number of ether oxygens (including phenoxy) is 3. The van der Waals surface area contributed by atoms with Gasteiger partial charge in [0.1, 0.15) is 13.2 Å². The summed E-state index contributed by atoms with van der Waals surface area (Å²) in [6.07, 6.45) is 2.77. The minimum Gasteiger partial charge on any atom is -0.619 e. The topological polar surface area (TPSA) is 54.6 Å². The molecule has 2 rings (SSSR count). The van der Waals surface area contributed by atoms with Gasteiger partial charge in [0.2, 0.25) is 6.20 Å². The van der Waals surface area contributed by atoms with E-state index in [-0.39, 0.29) is 0 Å². The normalized spacial score (nSPS) is 10.1. The van der Waals surface area contributed by atoms with E-state index in [9.17, 15) is 5.21 Å². The van der Waals surface area contributed by atoms with E-state index < -0.39 is 0 Å². The fourth-order valence-corrected chi connectivity index (χ4v) is 1.67.